The molecule has 0 amide bonds. The van der Waals surface area contributed by atoms with Crippen LogP contribution in [0.4, 0.5) is 4.39 Å². The highest BCUT2D eigenvalue weighted by molar-refractivity contribution is 7.12. The van der Waals surface area contributed by atoms with Crippen molar-refractivity contribution in [3.8, 4) is 6.07 Å². The van der Waals surface area contributed by atoms with Crippen LogP contribution >= 0.6 is 11.3 Å². The molecule has 0 aromatic carbocycles. The van der Waals surface area contributed by atoms with E-state index in [-0.39, 0.29) is 4.88 Å². The second-order valence-electron chi connectivity index (χ2n) is 1.65. The molecule has 0 radical (unpaired) electrons. The van der Waals surface area contributed by atoms with Gasteiger partial charge in [0.15, 0.2) is 5.82 Å². The van der Waals surface area contributed by atoms with Gasteiger partial charge in [-0.1, -0.05) is 0 Å². The van der Waals surface area contributed by atoms with Gasteiger partial charge in [0.25, 0.3) is 0 Å². The van der Waals surface area contributed by atoms with Gasteiger partial charge < -0.3 is 0 Å². The van der Waals surface area contributed by atoms with Gasteiger partial charge in [0.1, 0.15) is 10.9 Å². The molecule has 1 heterocycles. The molecule has 1 rings (SSSR count). The van der Waals surface area contributed by atoms with Gasteiger partial charge in [0, 0.05) is 4.88 Å². The Bertz CT molecular complexity index is 259. The second-order valence-corrected chi connectivity index (χ2v) is 2.90. The molecule has 0 aliphatic rings. The molecule has 1 aromatic rings. The van der Waals surface area contributed by atoms with E-state index < -0.39 is 5.82 Å². The first kappa shape index (κ1) is 6.24. The molecule has 46 valence electrons. The lowest BCUT2D eigenvalue weighted by Crippen LogP contribution is -1.66. The average Bonchev–Trinajstić information content (AvgIpc) is 2.10. The Morgan fingerprint density at radius 3 is 2.67 bits per heavy atom. The molecule has 0 aliphatic heterocycles. The lowest BCUT2D eigenvalue weighted by Gasteiger charge is -1.72. The Balaban J connectivity index is 3.20. The first-order valence-corrected chi connectivity index (χ1v) is 3.21. The van der Waals surface area contributed by atoms with E-state index in [9.17, 15) is 4.39 Å². The van der Waals surface area contributed by atoms with Crippen molar-refractivity contribution in [1.82, 2.24) is 0 Å². The minimum atomic E-state index is -0.403. The van der Waals surface area contributed by atoms with Gasteiger partial charge in [0.05, 0.1) is 0 Å². The molecule has 0 atom stereocenters. The Labute approximate surface area is 56.4 Å². The molecule has 9 heavy (non-hydrogen) atoms. The van der Waals surface area contributed by atoms with Gasteiger partial charge in [-0.25, -0.2) is 4.39 Å². The van der Waals surface area contributed by atoms with E-state index in [4.69, 9.17) is 5.26 Å². The third-order valence-electron chi connectivity index (χ3n) is 0.911. The highest BCUT2D eigenvalue weighted by Crippen LogP contribution is 2.18. The fraction of sp³-hybridized carbons (Fsp3) is 0.167. The third kappa shape index (κ3) is 1.08. The highest BCUT2D eigenvalue weighted by atomic mass is 32.1. The molecule has 0 bridgehead atoms. The summed E-state index contributed by atoms with van der Waals surface area (Å²) in [5, 5.41) is 8.25. The molecular formula is C6H4FNS. The minimum Gasteiger partial charge on any atom is -0.205 e. The van der Waals surface area contributed by atoms with Crippen LogP contribution in [0.5, 0.6) is 0 Å². The van der Waals surface area contributed by atoms with Crippen molar-refractivity contribution in [2.75, 3.05) is 0 Å². The number of aryl methyl sites for hydroxylation is 1. The second kappa shape index (κ2) is 2.16. The summed E-state index contributed by atoms with van der Waals surface area (Å²) in [6.07, 6.45) is 0. The Morgan fingerprint density at radius 1 is 1.78 bits per heavy atom. The minimum absolute atomic E-state index is 0.174. The van der Waals surface area contributed by atoms with Crippen molar-refractivity contribution < 1.29 is 4.39 Å². The van der Waals surface area contributed by atoms with Crippen LogP contribution in [0.3, 0.4) is 0 Å². The number of nitrogens with zero attached hydrogens (tertiary/aromatic N) is 1. The largest absolute Gasteiger partial charge is 0.205 e. The topological polar surface area (TPSA) is 23.8 Å². The number of nitriles is 1. The summed E-state index contributed by atoms with van der Waals surface area (Å²) < 4.78 is 12.4. The van der Waals surface area contributed by atoms with Crippen LogP contribution in [0.25, 0.3) is 0 Å². The highest BCUT2D eigenvalue weighted by Gasteiger charge is 2.03. The smallest absolute Gasteiger partial charge is 0.152 e. The van der Waals surface area contributed by atoms with E-state index in [1.165, 1.54) is 17.4 Å². The zero-order valence-electron chi connectivity index (χ0n) is 4.81. The van der Waals surface area contributed by atoms with Gasteiger partial charge in [-0.2, -0.15) is 5.26 Å². The predicted molar refractivity (Wildman–Crippen MR) is 33.7 cm³/mol. The van der Waals surface area contributed by atoms with E-state index in [1.807, 2.05) is 0 Å². The molecular weight excluding hydrogens is 137 g/mol. The Kier molecular flexibility index (Phi) is 1.50. The third-order valence-corrected chi connectivity index (χ3v) is 1.84. The zero-order valence-corrected chi connectivity index (χ0v) is 5.63. The van der Waals surface area contributed by atoms with Crippen LogP contribution in [0.2, 0.25) is 0 Å². The summed E-state index contributed by atoms with van der Waals surface area (Å²) in [7, 11) is 0. The van der Waals surface area contributed by atoms with Crippen molar-refractivity contribution in [2.24, 2.45) is 0 Å². The maximum atomic E-state index is 12.4. The number of rotatable bonds is 0. The molecule has 3 heteroatoms. The average molecular weight is 141 g/mol. The normalized spacial score (nSPS) is 9.00. The van der Waals surface area contributed by atoms with Crippen LogP contribution in [-0.4, -0.2) is 0 Å². The van der Waals surface area contributed by atoms with Crippen LogP contribution in [0.1, 0.15) is 9.75 Å². The quantitative estimate of drug-likeness (QED) is 0.542. The summed E-state index contributed by atoms with van der Waals surface area (Å²) in [6.45, 7) is 1.77. The zero-order chi connectivity index (χ0) is 6.85. The lowest BCUT2D eigenvalue weighted by atomic mass is 10.4. The number of hydrogen-bond donors (Lipinski definition) is 0. The van der Waals surface area contributed by atoms with Crippen molar-refractivity contribution in [1.29, 1.82) is 5.26 Å². The lowest BCUT2D eigenvalue weighted by molar-refractivity contribution is 0.629. The Hall–Kier alpha value is -0.880. The molecule has 0 unspecified atom stereocenters. The molecule has 0 saturated heterocycles. The van der Waals surface area contributed by atoms with Crippen molar-refractivity contribution in [3.05, 3.63) is 21.6 Å². The van der Waals surface area contributed by atoms with Gasteiger partial charge in [-0.15, -0.1) is 11.3 Å². The molecule has 1 nitrogen and oxygen atoms in total. The molecule has 0 fully saturated rings. The molecule has 0 aliphatic carbocycles. The summed E-state index contributed by atoms with van der Waals surface area (Å²) >= 11 is 1.18. The van der Waals surface area contributed by atoms with E-state index in [1.54, 1.807) is 13.0 Å². The standard InChI is InChI=1S/C6H4FNS/c1-4-2-5(7)6(3-8)9-4/h2H,1H3. The molecule has 0 saturated carbocycles. The van der Waals surface area contributed by atoms with Crippen LogP contribution in [0, 0.1) is 24.1 Å². The van der Waals surface area contributed by atoms with Crippen molar-refractivity contribution in [2.45, 2.75) is 6.92 Å². The Morgan fingerprint density at radius 2 is 2.44 bits per heavy atom. The van der Waals surface area contributed by atoms with Gasteiger partial charge >= 0.3 is 0 Å². The monoisotopic (exact) mass is 141 g/mol. The summed E-state index contributed by atoms with van der Waals surface area (Å²) in [6, 6.07) is 3.12. The van der Waals surface area contributed by atoms with Crippen LogP contribution in [0.15, 0.2) is 6.07 Å². The SMILES string of the molecule is Cc1cc(F)c(C#N)s1. The summed E-state index contributed by atoms with van der Waals surface area (Å²) in [4.78, 5) is 1.01. The van der Waals surface area contributed by atoms with Crippen molar-refractivity contribution in [3.63, 3.8) is 0 Å². The van der Waals surface area contributed by atoms with E-state index in [2.05, 4.69) is 0 Å². The van der Waals surface area contributed by atoms with E-state index in [0.717, 1.165) is 4.88 Å². The number of hydrogen-bond acceptors (Lipinski definition) is 2. The number of thiophene rings is 1. The van der Waals surface area contributed by atoms with Crippen molar-refractivity contribution >= 4 is 11.3 Å². The van der Waals surface area contributed by atoms with E-state index in [0.29, 0.717) is 0 Å². The first-order chi connectivity index (χ1) is 4.24. The van der Waals surface area contributed by atoms with Crippen LogP contribution in [-0.2, 0) is 0 Å². The first-order valence-electron chi connectivity index (χ1n) is 2.40. The molecule has 1 aromatic heterocycles. The molecule has 0 N–H and O–H groups in total. The predicted octanol–water partition coefficient (Wildman–Crippen LogP) is 2.07. The van der Waals surface area contributed by atoms with Gasteiger partial charge in [-0.05, 0) is 13.0 Å². The fourth-order valence-corrected chi connectivity index (χ4v) is 1.25. The van der Waals surface area contributed by atoms with E-state index >= 15 is 0 Å². The van der Waals surface area contributed by atoms with Gasteiger partial charge in [-0.3, -0.25) is 0 Å². The maximum Gasteiger partial charge on any atom is 0.152 e. The van der Waals surface area contributed by atoms with Gasteiger partial charge in [0.2, 0.25) is 0 Å². The fourth-order valence-electron chi connectivity index (χ4n) is 0.559. The summed E-state index contributed by atoms with van der Waals surface area (Å²) in [5.41, 5.74) is 0. The molecule has 0 spiro atoms. The van der Waals surface area contributed by atoms with Crippen LogP contribution < -0.4 is 0 Å². The maximum absolute atomic E-state index is 12.4. The number of halogens is 1. The summed E-state index contributed by atoms with van der Waals surface area (Å²) in [5.74, 6) is -0.403.